The minimum absolute atomic E-state index is 0.318. The van der Waals surface area contributed by atoms with Crippen LogP contribution in [-0.4, -0.2) is 17.1 Å². The van der Waals surface area contributed by atoms with Crippen molar-refractivity contribution >= 4 is 12.0 Å². The molecule has 2 rings (SSSR count). The molecular weight excluding hydrogens is 214 g/mol. The summed E-state index contributed by atoms with van der Waals surface area (Å²) in [6, 6.07) is 9.12. The van der Waals surface area contributed by atoms with E-state index in [1.165, 1.54) is 0 Å². The first-order chi connectivity index (χ1) is 8.06. The lowest BCUT2D eigenvalue weighted by Crippen LogP contribution is -2.40. The van der Waals surface area contributed by atoms with Crippen molar-refractivity contribution in [2.45, 2.75) is 25.8 Å². The molecule has 3 nitrogen and oxygen atoms in total. The number of carbonyl (C=O) groups is 1. The van der Waals surface area contributed by atoms with Crippen LogP contribution in [0.3, 0.4) is 0 Å². The molecule has 0 saturated heterocycles. The third-order valence-electron chi connectivity index (χ3n) is 3.62. The van der Waals surface area contributed by atoms with Crippen LogP contribution < -0.4 is 5.73 Å². The molecule has 0 bridgehead atoms. The summed E-state index contributed by atoms with van der Waals surface area (Å²) in [5.74, 6) is -0.914. The highest BCUT2D eigenvalue weighted by molar-refractivity contribution is 5.76. The molecule has 0 radical (unpaired) electrons. The number of benzene rings is 1. The van der Waals surface area contributed by atoms with Gasteiger partial charge in [-0.15, -0.1) is 0 Å². The minimum Gasteiger partial charge on any atom is -0.480 e. The Morgan fingerprint density at radius 2 is 2.00 bits per heavy atom. The second-order valence-electron chi connectivity index (χ2n) is 4.71. The average Bonchev–Trinajstić information content (AvgIpc) is 3.10. The highest BCUT2D eigenvalue weighted by atomic mass is 16.4. The second kappa shape index (κ2) is 4.34. The Bertz CT molecular complexity index is 447. The molecule has 3 N–H and O–H groups in total. The van der Waals surface area contributed by atoms with Gasteiger partial charge in [0.25, 0.3) is 0 Å². The molecule has 1 fully saturated rings. The zero-order valence-corrected chi connectivity index (χ0v) is 9.89. The molecule has 0 aromatic heterocycles. The van der Waals surface area contributed by atoms with Crippen LogP contribution in [-0.2, 0) is 4.79 Å². The van der Waals surface area contributed by atoms with Crippen molar-refractivity contribution in [1.82, 2.24) is 0 Å². The van der Waals surface area contributed by atoms with E-state index in [-0.39, 0.29) is 5.41 Å². The molecule has 1 aliphatic carbocycles. The first kappa shape index (κ1) is 11.9. The van der Waals surface area contributed by atoms with Gasteiger partial charge in [0.05, 0.1) is 0 Å². The van der Waals surface area contributed by atoms with Crippen molar-refractivity contribution in [3.8, 4) is 0 Å². The predicted molar refractivity (Wildman–Crippen MR) is 67.4 cm³/mol. The van der Waals surface area contributed by atoms with Crippen LogP contribution in [0.25, 0.3) is 6.08 Å². The van der Waals surface area contributed by atoms with E-state index < -0.39 is 12.0 Å². The zero-order chi connectivity index (χ0) is 12.5. The van der Waals surface area contributed by atoms with E-state index in [4.69, 9.17) is 10.8 Å². The lowest BCUT2D eigenvalue weighted by atomic mass is 9.88. The summed E-state index contributed by atoms with van der Waals surface area (Å²) in [6.07, 6.45) is 3.78. The van der Waals surface area contributed by atoms with Gasteiger partial charge in [-0.25, -0.2) is 0 Å². The van der Waals surface area contributed by atoms with Gasteiger partial charge >= 0.3 is 5.97 Å². The molecule has 0 aliphatic heterocycles. The second-order valence-corrected chi connectivity index (χ2v) is 4.71. The van der Waals surface area contributed by atoms with E-state index in [1.807, 2.05) is 43.3 Å². The summed E-state index contributed by atoms with van der Waals surface area (Å²) < 4.78 is 0. The Hall–Kier alpha value is -1.61. The lowest BCUT2D eigenvalue weighted by Gasteiger charge is -2.20. The maximum absolute atomic E-state index is 11.0. The van der Waals surface area contributed by atoms with Crippen LogP contribution in [0.5, 0.6) is 0 Å². The molecule has 0 spiro atoms. The number of carboxylic acid groups (broad SMARTS) is 1. The van der Waals surface area contributed by atoms with Gasteiger partial charge in [-0.1, -0.05) is 42.0 Å². The van der Waals surface area contributed by atoms with Crippen molar-refractivity contribution in [3.63, 3.8) is 0 Å². The molecule has 90 valence electrons. The van der Waals surface area contributed by atoms with Gasteiger partial charge < -0.3 is 10.8 Å². The Kier molecular flexibility index (Phi) is 3.03. The summed E-state index contributed by atoms with van der Waals surface area (Å²) in [4.78, 5) is 11.0. The van der Waals surface area contributed by atoms with Crippen molar-refractivity contribution in [2.75, 3.05) is 0 Å². The molecular formula is C14H17NO2. The van der Waals surface area contributed by atoms with Gasteiger partial charge in [0.1, 0.15) is 6.04 Å². The molecule has 1 aromatic rings. The van der Waals surface area contributed by atoms with Gasteiger partial charge in [-0.2, -0.15) is 0 Å². The third-order valence-corrected chi connectivity index (χ3v) is 3.62. The Balaban J connectivity index is 2.23. The average molecular weight is 231 g/mol. The highest BCUT2D eigenvalue weighted by Crippen LogP contribution is 2.54. The number of nitrogens with two attached hydrogens (primary N) is 1. The Morgan fingerprint density at radius 3 is 2.47 bits per heavy atom. The number of hydrogen-bond acceptors (Lipinski definition) is 2. The van der Waals surface area contributed by atoms with E-state index in [9.17, 15) is 4.79 Å². The number of carboxylic acids is 1. The molecule has 1 atom stereocenters. The van der Waals surface area contributed by atoms with Crippen LogP contribution in [0, 0.1) is 5.41 Å². The molecule has 1 aromatic carbocycles. The van der Waals surface area contributed by atoms with E-state index in [0.29, 0.717) is 0 Å². The van der Waals surface area contributed by atoms with E-state index >= 15 is 0 Å². The van der Waals surface area contributed by atoms with Crippen molar-refractivity contribution in [2.24, 2.45) is 11.1 Å². The first-order valence-corrected chi connectivity index (χ1v) is 5.78. The summed E-state index contributed by atoms with van der Waals surface area (Å²) in [7, 11) is 0. The normalized spacial score (nSPS) is 19.8. The molecule has 17 heavy (non-hydrogen) atoms. The van der Waals surface area contributed by atoms with Crippen molar-refractivity contribution in [1.29, 1.82) is 0 Å². The highest BCUT2D eigenvalue weighted by Gasteiger charge is 2.52. The monoisotopic (exact) mass is 231 g/mol. The number of hydrogen-bond donors (Lipinski definition) is 2. The number of rotatable bonds is 4. The standard InChI is InChI=1S/C14H17NO2/c1-10(9-11-5-3-2-4-6-11)14(7-8-14)12(15)13(16)17/h2-6,9,12H,7-8,15H2,1H3,(H,16,17)/b10-9-. The maximum Gasteiger partial charge on any atom is 0.321 e. The van der Waals surface area contributed by atoms with Crippen LogP contribution in [0.1, 0.15) is 25.3 Å². The summed E-state index contributed by atoms with van der Waals surface area (Å²) in [6.45, 7) is 1.98. The van der Waals surface area contributed by atoms with Crippen LogP contribution in [0.2, 0.25) is 0 Å². The van der Waals surface area contributed by atoms with E-state index in [2.05, 4.69) is 0 Å². The molecule has 1 aliphatic rings. The summed E-state index contributed by atoms with van der Waals surface area (Å²) in [5, 5.41) is 9.02. The summed E-state index contributed by atoms with van der Waals surface area (Å²) >= 11 is 0. The molecule has 0 heterocycles. The predicted octanol–water partition coefficient (Wildman–Crippen LogP) is 2.28. The fourth-order valence-corrected chi connectivity index (χ4v) is 2.26. The van der Waals surface area contributed by atoms with Crippen molar-refractivity contribution < 1.29 is 9.90 Å². The topological polar surface area (TPSA) is 63.3 Å². The third kappa shape index (κ3) is 2.24. The fraction of sp³-hybridized carbons (Fsp3) is 0.357. The van der Waals surface area contributed by atoms with Gasteiger partial charge in [0.2, 0.25) is 0 Å². The largest absolute Gasteiger partial charge is 0.480 e. The van der Waals surface area contributed by atoms with Gasteiger partial charge in [0, 0.05) is 5.41 Å². The Labute approximate surface area is 101 Å². The van der Waals surface area contributed by atoms with Gasteiger partial charge in [-0.05, 0) is 25.3 Å². The number of aliphatic carboxylic acids is 1. The van der Waals surface area contributed by atoms with E-state index in [0.717, 1.165) is 24.0 Å². The molecule has 3 heteroatoms. The smallest absolute Gasteiger partial charge is 0.321 e. The molecule has 0 amide bonds. The molecule has 1 unspecified atom stereocenters. The van der Waals surface area contributed by atoms with Gasteiger partial charge in [-0.3, -0.25) is 4.79 Å². The van der Waals surface area contributed by atoms with Gasteiger partial charge in [0.15, 0.2) is 0 Å². The van der Waals surface area contributed by atoms with E-state index in [1.54, 1.807) is 0 Å². The minimum atomic E-state index is -0.914. The maximum atomic E-state index is 11.0. The molecule has 1 saturated carbocycles. The Morgan fingerprint density at radius 1 is 1.41 bits per heavy atom. The quantitative estimate of drug-likeness (QED) is 0.835. The van der Waals surface area contributed by atoms with Crippen LogP contribution in [0.4, 0.5) is 0 Å². The SMILES string of the molecule is C/C(=C/c1ccccc1)C1(C(N)C(=O)O)CC1. The summed E-state index contributed by atoms with van der Waals surface area (Å²) in [5.41, 5.74) is 7.61. The fourth-order valence-electron chi connectivity index (χ4n) is 2.26. The van der Waals surface area contributed by atoms with Crippen molar-refractivity contribution in [3.05, 3.63) is 41.5 Å². The van der Waals surface area contributed by atoms with Crippen LogP contribution in [0.15, 0.2) is 35.9 Å². The first-order valence-electron chi connectivity index (χ1n) is 5.78. The zero-order valence-electron chi connectivity index (χ0n) is 9.89. The van der Waals surface area contributed by atoms with Crippen LogP contribution >= 0.6 is 0 Å². The lowest BCUT2D eigenvalue weighted by molar-refractivity contribution is -0.139.